The third-order valence-corrected chi connectivity index (χ3v) is 5.61. The van der Waals surface area contributed by atoms with Gasteiger partial charge >= 0.3 is 23.8 Å². The molecule has 194 valence electrons. The second-order valence-corrected chi connectivity index (χ2v) is 9.91. The lowest BCUT2D eigenvalue weighted by Gasteiger charge is -2.33. The van der Waals surface area contributed by atoms with Gasteiger partial charge in [0.2, 0.25) is 0 Å². The molecule has 0 fully saturated rings. The van der Waals surface area contributed by atoms with E-state index in [0.717, 1.165) is 0 Å². The highest BCUT2D eigenvalue weighted by Crippen LogP contribution is 2.40. The van der Waals surface area contributed by atoms with Crippen LogP contribution in [0, 0.1) is 0 Å². The molecular weight excluding hydrogens is 494 g/mol. The normalized spacial score (nSPS) is 15.6. The second kappa shape index (κ2) is 10.2. The number of benzene rings is 2. The average molecular weight is 522 g/mol. The molecule has 3 rings (SSSR count). The van der Waals surface area contributed by atoms with Gasteiger partial charge in [0.15, 0.2) is 11.5 Å². The molecule has 1 aliphatic heterocycles. The lowest BCUT2D eigenvalue weighted by Crippen LogP contribution is -2.54. The highest BCUT2D eigenvalue weighted by molar-refractivity contribution is 6.30. The van der Waals surface area contributed by atoms with E-state index in [1.54, 1.807) is 58.0 Å². The van der Waals surface area contributed by atoms with E-state index in [1.807, 2.05) is 0 Å². The SMILES string of the molecule is C[C@H](Cc1ccc2c(c1)OC(C(=O)O)(C(=O)O)O2)N(C[C@H](O)c1cccc(Cl)c1)C(=O)OC(C)(C)C. The van der Waals surface area contributed by atoms with Crippen LogP contribution in [0.5, 0.6) is 11.5 Å². The van der Waals surface area contributed by atoms with Crippen LogP contribution < -0.4 is 9.47 Å². The Morgan fingerprint density at radius 3 is 2.28 bits per heavy atom. The number of aliphatic carboxylic acids is 2. The van der Waals surface area contributed by atoms with Gasteiger partial charge in [-0.2, -0.15) is 0 Å². The molecule has 1 amide bonds. The fourth-order valence-electron chi connectivity index (χ4n) is 3.65. The predicted molar refractivity (Wildman–Crippen MR) is 128 cm³/mol. The first-order valence-electron chi connectivity index (χ1n) is 11.1. The van der Waals surface area contributed by atoms with Crippen molar-refractivity contribution in [2.24, 2.45) is 0 Å². The minimum absolute atomic E-state index is 0.0309. The highest BCUT2D eigenvalue weighted by Gasteiger charge is 2.57. The monoisotopic (exact) mass is 521 g/mol. The van der Waals surface area contributed by atoms with E-state index >= 15 is 0 Å². The molecule has 0 saturated carbocycles. The molecule has 0 bridgehead atoms. The lowest BCUT2D eigenvalue weighted by atomic mass is 10.0. The molecule has 0 unspecified atom stereocenters. The van der Waals surface area contributed by atoms with E-state index in [1.165, 1.54) is 17.0 Å². The van der Waals surface area contributed by atoms with E-state index in [9.17, 15) is 29.7 Å². The number of ether oxygens (including phenoxy) is 3. The van der Waals surface area contributed by atoms with Crippen molar-refractivity contribution < 1.29 is 43.9 Å². The zero-order chi connectivity index (χ0) is 26.8. The Morgan fingerprint density at radius 1 is 1.06 bits per heavy atom. The van der Waals surface area contributed by atoms with Crippen LogP contribution in [0.2, 0.25) is 5.02 Å². The number of hydrogen-bond donors (Lipinski definition) is 3. The van der Waals surface area contributed by atoms with Crippen LogP contribution in [0.3, 0.4) is 0 Å². The third-order valence-electron chi connectivity index (χ3n) is 5.37. The Balaban J connectivity index is 1.82. The van der Waals surface area contributed by atoms with Crippen LogP contribution in [0.25, 0.3) is 0 Å². The molecule has 0 aromatic heterocycles. The molecule has 11 heteroatoms. The lowest BCUT2D eigenvalue weighted by molar-refractivity contribution is -0.194. The van der Waals surface area contributed by atoms with Gasteiger partial charge in [-0.25, -0.2) is 14.4 Å². The van der Waals surface area contributed by atoms with Crippen molar-refractivity contribution in [3.63, 3.8) is 0 Å². The number of rotatable bonds is 8. The van der Waals surface area contributed by atoms with Crippen molar-refractivity contribution in [2.45, 2.75) is 57.6 Å². The maximum Gasteiger partial charge on any atom is 0.453 e. The Kier molecular flexibility index (Phi) is 7.70. The smallest absolute Gasteiger partial charge is 0.453 e. The predicted octanol–water partition coefficient (Wildman–Crippen LogP) is 3.88. The Hall–Kier alpha value is -3.50. The molecule has 1 aliphatic rings. The van der Waals surface area contributed by atoms with Crippen LogP contribution in [0.4, 0.5) is 4.79 Å². The maximum atomic E-state index is 13.0. The van der Waals surface area contributed by atoms with Crippen molar-refractivity contribution in [1.82, 2.24) is 4.90 Å². The molecule has 1 heterocycles. The third kappa shape index (κ3) is 6.00. The van der Waals surface area contributed by atoms with Crippen molar-refractivity contribution in [3.05, 3.63) is 58.6 Å². The fourth-order valence-corrected chi connectivity index (χ4v) is 3.85. The number of halogens is 1. The summed E-state index contributed by atoms with van der Waals surface area (Å²) in [4.78, 5) is 37.4. The summed E-state index contributed by atoms with van der Waals surface area (Å²) < 4.78 is 15.8. The summed E-state index contributed by atoms with van der Waals surface area (Å²) in [5, 5.41) is 29.9. The van der Waals surface area contributed by atoms with Gasteiger partial charge in [0.1, 0.15) is 5.60 Å². The average Bonchev–Trinajstić information content (AvgIpc) is 3.16. The van der Waals surface area contributed by atoms with E-state index in [2.05, 4.69) is 0 Å². The zero-order valence-corrected chi connectivity index (χ0v) is 21.0. The highest BCUT2D eigenvalue weighted by atomic mass is 35.5. The van der Waals surface area contributed by atoms with Crippen LogP contribution in [-0.4, -0.2) is 62.2 Å². The van der Waals surface area contributed by atoms with Gasteiger partial charge in [0, 0.05) is 11.1 Å². The molecule has 0 radical (unpaired) electrons. The molecule has 2 aromatic rings. The number of amides is 1. The Labute approximate surface area is 212 Å². The maximum absolute atomic E-state index is 13.0. The first kappa shape index (κ1) is 27.1. The van der Waals surface area contributed by atoms with Crippen molar-refractivity contribution in [3.8, 4) is 11.5 Å². The second-order valence-electron chi connectivity index (χ2n) is 9.47. The molecule has 2 aromatic carbocycles. The number of carboxylic acid groups (broad SMARTS) is 2. The minimum atomic E-state index is -2.86. The number of carbonyl (C=O) groups excluding carboxylic acids is 1. The largest absolute Gasteiger partial charge is 0.475 e. The van der Waals surface area contributed by atoms with E-state index in [4.69, 9.17) is 25.8 Å². The van der Waals surface area contributed by atoms with Gasteiger partial charge in [-0.1, -0.05) is 29.8 Å². The van der Waals surface area contributed by atoms with Crippen LogP contribution in [0.15, 0.2) is 42.5 Å². The molecule has 0 aliphatic carbocycles. The Morgan fingerprint density at radius 2 is 1.69 bits per heavy atom. The number of aliphatic hydroxyl groups excluding tert-OH is 1. The molecule has 0 spiro atoms. The summed E-state index contributed by atoms with van der Waals surface area (Å²) in [6.07, 6.45) is -1.42. The van der Waals surface area contributed by atoms with Gasteiger partial charge in [-0.05, 0) is 69.5 Å². The van der Waals surface area contributed by atoms with Crippen molar-refractivity contribution in [1.29, 1.82) is 0 Å². The molecule has 36 heavy (non-hydrogen) atoms. The van der Waals surface area contributed by atoms with Crippen LogP contribution in [0.1, 0.15) is 44.9 Å². The fraction of sp³-hybridized carbons (Fsp3) is 0.400. The van der Waals surface area contributed by atoms with Crippen molar-refractivity contribution >= 4 is 29.6 Å². The summed E-state index contributed by atoms with van der Waals surface area (Å²) in [7, 11) is 0. The van der Waals surface area contributed by atoms with Gasteiger partial charge < -0.3 is 34.4 Å². The Bertz CT molecular complexity index is 1150. The molecule has 0 saturated heterocycles. The quantitative estimate of drug-likeness (QED) is 0.441. The standard InChI is InChI=1S/C25H28ClNO9/c1-14(10-15-8-9-19-20(11-15)35-25(34-19,21(29)30)22(31)32)27(23(33)36-24(2,3)4)13-18(28)16-6-5-7-17(26)12-16/h5-9,11-12,14,18,28H,10,13H2,1-4H3,(H,29,30)(H,31,32)/t14-,18+/m1/s1. The number of nitrogens with zero attached hydrogens (tertiary/aromatic N) is 1. The van der Waals surface area contributed by atoms with Gasteiger partial charge in [0.25, 0.3) is 0 Å². The van der Waals surface area contributed by atoms with E-state index < -0.39 is 41.6 Å². The van der Waals surface area contributed by atoms with Gasteiger partial charge in [-0.15, -0.1) is 0 Å². The zero-order valence-electron chi connectivity index (χ0n) is 20.2. The summed E-state index contributed by atoms with van der Waals surface area (Å²) in [5.74, 6) is -6.54. The van der Waals surface area contributed by atoms with Gasteiger partial charge in [0.05, 0.1) is 12.6 Å². The molecule has 10 nitrogen and oxygen atoms in total. The van der Waals surface area contributed by atoms with Crippen molar-refractivity contribution in [2.75, 3.05) is 6.54 Å². The number of hydrogen-bond acceptors (Lipinski definition) is 7. The summed E-state index contributed by atoms with van der Waals surface area (Å²) in [5.41, 5.74) is 0.374. The minimum Gasteiger partial charge on any atom is -0.475 e. The molecule has 2 atom stereocenters. The number of carboxylic acids is 2. The summed E-state index contributed by atoms with van der Waals surface area (Å²) in [6, 6.07) is 10.7. The first-order chi connectivity index (χ1) is 16.7. The number of aliphatic hydroxyl groups is 1. The van der Waals surface area contributed by atoms with Crippen LogP contribution >= 0.6 is 11.6 Å². The van der Waals surface area contributed by atoms with E-state index in [-0.39, 0.29) is 24.5 Å². The first-order valence-corrected chi connectivity index (χ1v) is 11.5. The van der Waals surface area contributed by atoms with Gasteiger partial charge in [-0.3, -0.25) is 0 Å². The molecular formula is C25H28ClNO9. The number of carbonyl (C=O) groups is 3. The van der Waals surface area contributed by atoms with E-state index in [0.29, 0.717) is 16.1 Å². The summed E-state index contributed by atoms with van der Waals surface area (Å²) in [6.45, 7) is 6.88. The molecule has 3 N–H and O–H groups in total. The summed E-state index contributed by atoms with van der Waals surface area (Å²) >= 11 is 6.04. The number of fused-ring (bicyclic) bond motifs is 1. The van der Waals surface area contributed by atoms with Crippen LogP contribution in [-0.2, 0) is 20.7 Å². The topological polar surface area (TPSA) is 143 Å².